The van der Waals surface area contributed by atoms with Gasteiger partial charge in [0.05, 0.1) is 20.3 Å². The van der Waals surface area contributed by atoms with Crippen molar-refractivity contribution in [1.29, 1.82) is 0 Å². The Balaban J connectivity index is 1.92. The Morgan fingerprint density at radius 2 is 1.15 bits per heavy atom. The Morgan fingerprint density at radius 3 is 1.56 bits per heavy atom. The Morgan fingerprint density at radius 1 is 0.769 bits per heavy atom. The molecule has 0 radical (unpaired) electrons. The van der Waals surface area contributed by atoms with Crippen molar-refractivity contribution in [2.24, 2.45) is 5.92 Å². The fraction of sp³-hybridized carbons (Fsp3) is 0.933. The summed E-state index contributed by atoms with van der Waals surface area (Å²) in [5, 5.41) is 15.2. The first-order valence-corrected chi connectivity index (χ1v) is 14.6. The Bertz CT molecular complexity index is 801. The molecule has 9 heteroatoms. The van der Waals surface area contributed by atoms with Gasteiger partial charge in [-0.2, -0.15) is 10.1 Å². The number of methoxy groups -OCH3 is 1. The second-order valence-corrected chi connectivity index (χ2v) is 14.7. The van der Waals surface area contributed by atoms with E-state index in [0.29, 0.717) is 38.0 Å². The normalized spacial score (nSPS) is 25.1. The Hall–Kier alpha value is -1.26. The molecule has 0 aromatic rings. The largest absolute Gasteiger partial charge is 0.469 e. The molecule has 0 aromatic heterocycles. The van der Waals surface area contributed by atoms with E-state index in [4.69, 9.17) is 14.4 Å². The third-order valence-electron chi connectivity index (χ3n) is 7.90. The molecule has 39 heavy (non-hydrogen) atoms. The number of carbonyl (C=O) groups is 2. The minimum absolute atomic E-state index is 0.0790. The van der Waals surface area contributed by atoms with E-state index in [2.05, 4.69) is 72.1 Å². The van der Waals surface area contributed by atoms with Crippen LogP contribution in [-0.2, 0) is 28.7 Å². The minimum Gasteiger partial charge on any atom is -0.469 e. The van der Waals surface area contributed by atoms with Gasteiger partial charge in [0.1, 0.15) is 11.7 Å². The van der Waals surface area contributed by atoms with Crippen LogP contribution in [0.4, 0.5) is 0 Å². The zero-order valence-corrected chi connectivity index (χ0v) is 26.5. The van der Waals surface area contributed by atoms with E-state index in [1.807, 2.05) is 5.06 Å². The van der Waals surface area contributed by atoms with Gasteiger partial charge in [0.15, 0.2) is 0 Å². The second kappa shape index (κ2) is 12.7. The maximum Gasteiger partial charge on any atom is 0.306 e. The van der Waals surface area contributed by atoms with Crippen LogP contribution in [0.3, 0.4) is 0 Å². The molecular weight excluding hydrogens is 500 g/mol. The number of rotatable bonds is 12. The Labute approximate surface area is 236 Å². The van der Waals surface area contributed by atoms with Crippen molar-refractivity contribution in [3.05, 3.63) is 0 Å². The van der Waals surface area contributed by atoms with E-state index in [1.54, 1.807) is 6.92 Å². The molecule has 0 saturated carbocycles. The topological polar surface area (TPSA) is 97.8 Å². The summed E-state index contributed by atoms with van der Waals surface area (Å²) in [4.78, 5) is 36.3. The number of hydrogen-bond acceptors (Lipinski definition) is 9. The summed E-state index contributed by atoms with van der Waals surface area (Å²) >= 11 is 0. The fourth-order valence-corrected chi connectivity index (χ4v) is 7.05. The number of carbonyl (C=O) groups excluding carboxylic acids is 2. The van der Waals surface area contributed by atoms with Gasteiger partial charge in [-0.3, -0.25) is 19.3 Å². The molecule has 2 heterocycles. The van der Waals surface area contributed by atoms with Crippen LogP contribution in [0.5, 0.6) is 0 Å². The minimum atomic E-state index is -1.20. The third kappa shape index (κ3) is 9.66. The number of hydroxylamine groups is 4. The number of nitrogens with zero attached hydrogens (tertiary/aromatic N) is 2. The molecule has 228 valence electrons. The first kappa shape index (κ1) is 33.9. The summed E-state index contributed by atoms with van der Waals surface area (Å²) in [7, 11) is 1.36. The first-order chi connectivity index (χ1) is 17.7. The molecule has 1 atom stereocenters. The molecule has 0 aliphatic carbocycles. The molecule has 2 aliphatic heterocycles. The van der Waals surface area contributed by atoms with E-state index in [-0.39, 0.29) is 48.8 Å². The van der Waals surface area contributed by atoms with Gasteiger partial charge in [0, 0.05) is 47.8 Å². The predicted octanol–water partition coefficient (Wildman–Crippen LogP) is 5.19. The molecule has 2 fully saturated rings. The maximum absolute atomic E-state index is 12.5. The number of esters is 2. The van der Waals surface area contributed by atoms with E-state index in [1.165, 1.54) is 7.11 Å². The summed E-state index contributed by atoms with van der Waals surface area (Å²) in [6.45, 7) is 21.3. The number of aliphatic hydroxyl groups is 1. The van der Waals surface area contributed by atoms with Crippen LogP contribution in [-0.4, -0.2) is 81.4 Å². The van der Waals surface area contributed by atoms with Crippen molar-refractivity contribution in [2.45, 2.75) is 154 Å². The van der Waals surface area contributed by atoms with Gasteiger partial charge < -0.3 is 14.6 Å². The molecule has 2 saturated heterocycles. The molecule has 2 aliphatic rings. The van der Waals surface area contributed by atoms with Crippen molar-refractivity contribution in [2.75, 3.05) is 20.3 Å². The zero-order valence-electron chi connectivity index (χ0n) is 26.5. The van der Waals surface area contributed by atoms with Crippen LogP contribution in [0.25, 0.3) is 0 Å². The fourth-order valence-electron chi connectivity index (χ4n) is 7.05. The first-order valence-electron chi connectivity index (χ1n) is 14.6. The second-order valence-electron chi connectivity index (χ2n) is 14.7. The van der Waals surface area contributed by atoms with Crippen LogP contribution in [0.1, 0.15) is 121 Å². The van der Waals surface area contributed by atoms with Gasteiger partial charge in [0.2, 0.25) is 0 Å². The van der Waals surface area contributed by atoms with Crippen LogP contribution < -0.4 is 0 Å². The molecule has 1 N–H and O–H groups in total. The molecular formula is C30H56N2O7. The van der Waals surface area contributed by atoms with Gasteiger partial charge in [0.25, 0.3) is 0 Å². The highest BCUT2D eigenvalue weighted by Crippen LogP contribution is 2.42. The number of ether oxygens (including phenoxy) is 2. The lowest BCUT2D eigenvalue weighted by molar-refractivity contribution is -0.331. The molecule has 0 bridgehead atoms. The SMILES string of the molecule is COC(=O)CCCCC(=O)OC1CC(C)(C)N(OCC(C)(O)CON2C(C)(C)CC(C)CC2(C)C)C(C)(C)C1. The smallest absolute Gasteiger partial charge is 0.306 e. The summed E-state index contributed by atoms with van der Waals surface area (Å²) in [6.07, 6.45) is 4.81. The van der Waals surface area contributed by atoms with E-state index < -0.39 is 16.7 Å². The quantitative estimate of drug-likeness (QED) is 0.257. The van der Waals surface area contributed by atoms with Crippen molar-refractivity contribution < 1.29 is 33.8 Å². The lowest BCUT2D eigenvalue weighted by atomic mass is 9.76. The van der Waals surface area contributed by atoms with Crippen molar-refractivity contribution in [1.82, 2.24) is 10.1 Å². The highest BCUT2D eigenvalue weighted by molar-refractivity contribution is 5.70. The van der Waals surface area contributed by atoms with Crippen LogP contribution in [0.15, 0.2) is 0 Å². The van der Waals surface area contributed by atoms with E-state index in [9.17, 15) is 14.7 Å². The van der Waals surface area contributed by atoms with Gasteiger partial charge in [-0.25, -0.2) is 0 Å². The lowest BCUT2D eigenvalue weighted by Gasteiger charge is -2.54. The van der Waals surface area contributed by atoms with E-state index >= 15 is 0 Å². The van der Waals surface area contributed by atoms with Crippen LogP contribution in [0.2, 0.25) is 0 Å². The molecule has 0 aromatic carbocycles. The molecule has 2 rings (SSSR count). The average molecular weight is 557 g/mol. The van der Waals surface area contributed by atoms with Crippen molar-refractivity contribution in [3.63, 3.8) is 0 Å². The third-order valence-corrected chi connectivity index (χ3v) is 7.90. The average Bonchev–Trinajstić information content (AvgIpc) is 2.72. The van der Waals surface area contributed by atoms with E-state index in [0.717, 1.165) is 12.8 Å². The molecule has 0 spiro atoms. The monoisotopic (exact) mass is 556 g/mol. The maximum atomic E-state index is 12.5. The lowest BCUT2D eigenvalue weighted by Crippen LogP contribution is -2.63. The highest BCUT2D eigenvalue weighted by atomic mass is 16.7. The van der Waals surface area contributed by atoms with Gasteiger partial charge in [-0.1, -0.05) is 6.92 Å². The Kier molecular flexibility index (Phi) is 11.1. The number of piperidine rings is 2. The van der Waals surface area contributed by atoms with Crippen molar-refractivity contribution in [3.8, 4) is 0 Å². The summed E-state index contributed by atoms with van der Waals surface area (Å²) in [5.74, 6) is 0.0967. The summed E-state index contributed by atoms with van der Waals surface area (Å²) in [6, 6.07) is 0. The van der Waals surface area contributed by atoms with Crippen LogP contribution in [0, 0.1) is 5.92 Å². The number of hydrogen-bond donors (Lipinski definition) is 1. The highest BCUT2D eigenvalue weighted by Gasteiger charge is 2.49. The van der Waals surface area contributed by atoms with Gasteiger partial charge in [-0.05, 0) is 93.9 Å². The standard InChI is InChI=1S/C30H56N2O7/c1-22-16-26(2,3)31(27(4,5)17-22)37-20-30(10,35)21-38-32-28(6,7)18-23(19-29(32,8)9)39-25(34)15-13-12-14-24(33)36-11/h22-23,35H,12-21H2,1-11H3. The van der Waals surface area contributed by atoms with Crippen LogP contribution >= 0.6 is 0 Å². The van der Waals surface area contributed by atoms with Gasteiger partial charge in [-0.15, -0.1) is 0 Å². The number of unbranched alkanes of at least 4 members (excludes halogenated alkanes) is 1. The van der Waals surface area contributed by atoms with Crippen molar-refractivity contribution >= 4 is 11.9 Å². The molecule has 1 unspecified atom stereocenters. The molecule has 0 amide bonds. The summed E-state index contributed by atoms with van der Waals surface area (Å²) in [5.41, 5.74) is -2.33. The van der Waals surface area contributed by atoms with Gasteiger partial charge >= 0.3 is 11.9 Å². The summed E-state index contributed by atoms with van der Waals surface area (Å²) < 4.78 is 10.5. The predicted molar refractivity (Wildman–Crippen MR) is 151 cm³/mol. The molecule has 9 nitrogen and oxygen atoms in total. The zero-order chi connectivity index (χ0) is 29.9.